The van der Waals surface area contributed by atoms with Crippen LogP contribution in [0.4, 0.5) is 0 Å². The monoisotopic (exact) mass is 568 g/mol. The largest absolute Gasteiger partial charge is 0.469 e. The van der Waals surface area contributed by atoms with E-state index in [-0.39, 0.29) is 59.5 Å². The first-order chi connectivity index (χ1) is 19.6. The summed E-state index contributed by atoms with van der Waals surface area (Å²) in [5.74, 6) is 1.62. The van der Waals surface area contributed by atoms with Crippen molar-refractivity contribution in [1.29, 1.82) is 0 Å². The van der Waals surface area contributed by atoms with Crippen molar-refractivity contribution < 1.29 is 33.3 Å². The van der Waals surface area contributed by atoms with Crippen molar-refractivity contribution >= 4 is 17.7 Å². The molecule has 4 aliphatic rings. The first-order valence-electron chi connectivity index (χ1n) is 15.6. The summed E-state index contributed by atoms with van der Waals surface area (Å²) in [6.45, 7) is 7.21. The van der Waals surface area contributed by atoms with E-state index in [0.717, 1.165) is 38.5 Å². The molecule has 0 amide bonds. The highest BCUT2D eigenvalue weighted by molar-refractivity contribution is 5.89. The van der Waals surface area contributed by atoms with Gasteiger partial charge in [0.2, 0.25) is 0 Å². The van der Waals surface area contributed by atoms with Crippen LogP contribution in [0.2, 0.25) is 0 Å². The molecular weight excluding hydrogens is 520 g/mol. The summed E-state index contributed by atoms with van der Waals surface area (Å²) in [4.78, 5) is 38.2. The van der Waals surface area contributed by atoms with Crippen molar-refractivity contribution in [3.05, 3.63) is 35.9 Å². The molecule has 0 saturated heterocycles. The van der Waals surface area contributed by atoms with Crippen LogP contribution in [0.25, 0.3) is 0 Å². The van der Waals surface area contributed by atoms with Gasteiger partial charge in [-0.1, -0.05) is 39.0 Å². The molecule has 0 aromatic heterocycles. The number of benzene rings is 1. The van der Waals surface area contributed by atoms with Crippen LogP contribution >= 0.6 is 0 Å². The van der Waals surface area contributed by atoms with Crippen LogP contribution in [0, 0.1) is 46.3 Å². The zero-order valence-electron chi connectivity index (χ0n) is 25.4. The van der Waals surface area contributed by atoms with Gasteiger partial charge in [0.1, 0.15) is 18.7 Å². The SMILES string of the molecule is COCO[C@@H]1C[C@@H]2CC(=O)CC[C@]2(C)[C@H]2C[C@H](OC(=O)c3ccccc3)[C@]3(C)[C@@H]([C@H](C)CCC(=O)OC)CC[C@H]3[C@H]12. The molecule has 4 aliphatic carbocycles. The molecule has 0 radical (unpaired) electrons. The van der Waals surface area contributed by atoms with Crippen LogP contribution in [0.3, 0.4) is 0 Å². The Labute approximate surface area is 245 Å². The van der Waals surface area contributed by atoms with E-state index in [1.807, 2.05) is 30.3 Å². The zero-order chi connectivity index (χ0) is 29.4. The van der Waals surface area contributed by atoms with Gasteiger partial charge < -0.3 is 18.9 Å². The van der Waals surface area contributed by atoms with Gasteiger partial charge in [-0.25, -0.2) is 4.79 Å². The third-order valence-corrected chi connectivity index (χ3v) is 12.0. The molecule has 226 valence electrons. The summed E-state index contributed by atoms with van der Waals surface area (Å²) in [5, 5.41) is 0. The predicted molar refractivity (Wildman–Crippen MR) is 154 cm³/mol. The molecule has 0 spiro atoms. The maximum absolute atomic E-state index is 13.6. The van der Waals surface area contributed by atoms with Crippen molar-refractivity contribution in [1.82, 2.24) is 0 Å². The normalized spacial score (nSPS) is 38.8. The highest BCUT2D eigenvalue weighted by Crippen LogP contribution is 2.69. The number of rotatable bonds is 9. The molecule has 0 heterocycles. The minimum absolute atomic E-state index is 0.00116. The van der Waals surface area contributed by atoms with Crippen molar-refractivity contribution in [2.75, 3.05) is 21.0 Å². The van der Waals surface area contributed by atoms with Crippen LogP contribution in [0.15, 0.2) is 30.3 Å². The maximum Gasteiger partial charge on any atom is 0.338 e. The van der Waals surface area contributed by atoms with Crippen LogP contribution < -0.4 is 0 Å². The lowest BCUT2D eigenvalue weighted by Gasteiger charge is -2.63. The molecule has 10 atom stereocenters. The van der Waals surface area contributed by atoms with Gasteiger partial charge in [-0.15, -0.1) is 0 Å². The van der Waals surface area contributed by atoms with Gasteiger partial charge in [0, 0.05) is 31.8 Å². The molecule has 0 N–H and O–H groups in total. The smallest absolute Gasteiger partial charge is 0.338 e. The maximum atomic E-state index is 13.6. The van der Waals surface area contributed by atoms with E-state index in [9.17, 15) is 14.4 Å². The average molecular weight is 569 g/mol. The van der Waals surface area contributed by atoms with E-state index in [1.165, 1.54) is 7.11 Å². The minimum atomic E-state index is -0.273. The van der Waals surface area contributed by atoms with Gasteiger partial charge in [0.15, 0.2) is 0 Å². The fourth-order valence-electron chi connectivity index (χ4n) is 9.82. The second-order valence-corrected chi connectivity index (χ2v) is 13.7. The first-order valence-corrected chi connectivity index (χ1v) is 15.6. The van der Waals surface area contributed by atoms with Gasteiger partial charge in [-0.3, -0.25) is 9.59 Å². The van der Waals surface area contributed by atoms with Crippen LogP contribution in [-0.4, -0.2) is 50.9 Å². The molecule has 4 saturated carbocycles. The second kappa shape index (κ2) is 12.2. The Hall–Kier alpha value is -2.25. The highest BCUT2D eigenvalue weighted by atomic mass is 16.7. The molecule has 7 nitrogen and oxygen atoms in total. The number of ketones is 1. The highest BCUT2D eigenvalue weighted by Gasteiger charge is 2.67. The number of ether oxygens (including phenoxy) is 4. The van der Waals surface area contributed by atoms with Crippen molar-refractivity contribution in [2.45, 2.75) is 90.8 Å². The van der Waals surface area contributed by atoms with Crippen LogP contribution in [-0.2, 0) is 28.5 Å². The lowest BCUT2D eigenvalue weighted by molar-refractivity contribution is -0.224. The number of fused-ring (bicyclic) bond motifs is 5. The number of hydrogen-bond donors (Lipinski definition) is 0. The summed E-state index contributed by atoms with van der Waals surface area (Å²) in [6.07, 6.45) is 6.71. The Kier molecular flexibility index (Phi) is 8.96. The molecule has 0 aliphatic heterocycles. The Morgan fingerprint density at radius 1 is 1.05 bits per heavy atom. The Morgan fingerprint density at radius 3 is 2.51 bits per heavy atom. The number of hydrogen-bond acceptors (Lipinski definition) is 7. The molecule has 0 unspecified atom stereocenters. The first kappa shape index (κ1) is 30.2. The topological polar surface area (TPSA) is 88.1 Å². The van der Waals surface area contributed by atoms with Crippen molar-refractivity contribution in [3.8, 4) is 0 Å². The zero-order valence-corrected chi connectivity index (χ0v) is 25.4. The Bertz CT molecular complexity index is 1100. The van der Waals surface area contributed by atoms with E-state index in [2.05, 4.69) is 20.8 Å². The van der Waals surface area contributed by atoms with Gasteiger partial charge >= 0.3 is 11.9 Å². The molecule has 5 rings (SSSR count). The van der Waals surface area contributed by atoms with Gasteiger partial charge in [-0.05, 0) is 91.6 Å². The number of Topliss-reactive ketones (excluding diaryl/α,β-unsaturated/α-hetero) is 1. The van der Waals surface area contributed by atoms with E-state index < -0.39 is 0 Å². The van der Waals surface area contributed by atoms with Crippen LogP contribution in [0.5, 0.6) is 0 Å². The van der Waals surface area contributed by atoms with Gasteiger partial charge in [0.25, 0.3) is 0 Å². The fourth-order valence-corrected chi connectivity index (χ4v) is 9.82. The standard InChI is InChI=1S/C34H48O7/c1-21(11-14-30(36)39-5)25-12-13-26-31-27(19-29(34(25,26)3)41-32(37)22-9-7-6-8-10-22)33(2)16-15-24(35)17-23(33)18-28(31)40-20-38-4/h6-10,21,23,25-29,31H,11-20H2,1-5H3/t21-,23+,25-,26+,27+,28-,29+,31+,33+,34-/m1/s1. The van der Waals surface area contributed by atoms with E-state index in [0.29, 0.717) is 48.4 Å². The van der Waals surface area contributed by atoms with Gasteiger partial charge in [-0.2, -0.15) is 0 Å². The molecule has 4 fully saturated rings. The Morgan fingerprint density at radius 2 is 1.80 bits per heavy atom. The molecule has 1 aromatic rings. The number of methoxy groups -OCH3 is 2. The van der Waals surface area contributed by atoms with E-state index >= 15 is 0 Å². The summed E-state index contributed by atoms with van der Waals surface area (Å²) < 4.78 is 23.4. The fraction of sp³-hybridized carbons (Fsp3) is 0.735. The predicted octanol–water partition coefficient (Wildman–Crippen LogP) is 6.24. The van der Waals surface area contributed by atoms with Crippen molar-refractivity contribution in [3.63, 3.8) is 0 Å². The summed E-state index contributed by atoms with van der Waals surface area (Å²) in [5.41, 5.74) is 0.308. The number of esters is 2. The molecule has 41 heavy (non-hydrogen) atoms. The molecule has 0 bridgehead atoms. The van der Waals surface area contributed by atoms with E-state index in [4.69, 9.17) is 18.9 Å². The lowest BCUT2D eigenvalue weighted by atomic mass is 9.43. The molecular formula is C34H48O7. The van der Waals surface area contributed by atoms with E-state index in [1.54, 1.807) is 7.11 Å². The summed E-state index contributed by atoms with van der Waals surface area (Å²) in [7, 11) is 3.10. The molecule has 1 aromatic carbocycles. The lowest BCUT2D eigenvalue weighted by Crippen LogP contribution is -2.63. The third-order valence-electron chi connectivity index (χ3n) is 12.0. The Balaban J connectivity index is 1.52. The quantitative estimate of drug-likeness (QED) is 0.257. The third kappa shape index (κ3) is 5.49. The van der Waals surface area contributed by atoms with Crippen molar-refractivity contribution in [2.24, 2.45) is 46.3 Å². The summed E-state index contributed by atoms with van der Waals surface area (Å²) >= 11 is 0. The van der Waals surface area contributed by atoms with Crippen LogP contribution in [0.1, 0.15) is 88.9 Å². The summed E-state index contributed by atoms with van der Waals surface area (Å²) in [6, 6.07) is 9.28. The second-order valence-electron chi connectivity index (χ2n) is 13.7. The average Bonchev–Trinajstić information content (AvgIpc) is 3.34. The number of carbonyl (C=O) groups is 3. The molecule has 7 heteroatoms. The minimum Gasteiger partial charge on any atom is -0.469 e. The van der Waals surface area contributed by atoms with Gasteiger partial charge in [0.05, 0.1) is 18.8 Å². The number of carbonyl (C=O) groups excluding carboxylic acids is 3.